The average Bonchev–Trinajstić information content (AvgIpc) is 2.23. The molecule has 0 saturated carbocycles. The molecule has 6 heteroatoms. The number of nitrogens with one attached hydrogen (secondary N) is 2. The van der Waals surface area contributed by atoms with E-state index in [2.05, 4.69) is 10.6 Å². The predicted octanol–water partition coefficient (Wildman–Crippen LogP) is 2.65. The molecule has 0 radical (unpaired) electrons. The molecule has 92 valence electrons. The molecule has 0 fully saturated rings. The van der Waals surface area contributed by atoms with Gasteiger partial charge in [-0.3, -0.25) is 10.6 Å². The van der Waals surface area contributed by atoms with Crippen LogP contribution in [0.3, 0.4) is 0 Å². The zero-order chi connectivity index (χ0) is 12.8. The van der Waals surface area contributed by atoms with Gasteiger partial charge >= 0.3 is 12.2 Å². The number of benzene rings is 1. The summed E-state index contributed by atoms with van der Waals surface area (Å²) in [7, 11) is 0. The van der Waals surface area contributed by atoms with Crippen molar-refractivity contribution in [2.45, 2.75) is 13.8 Å². The number of rotatable bonds is 3. The van der Waals surface area contributed by atoms with Crippen molar-refractivity contribution < 1.29 is 19.4 Å². The molecule has 0 bridgehead atoms. The molecule has 1 rings (SSSR count). The van der Waals surface area contributed by atoms with E-state index in [0.29, 0.717) is 16.9 Å². The van der Waals surface area contributed by atoms with Crippen molar-refractivity contribution in [3.63, 3.8) is 0 Å². The smallest absolute Gasteiger partial charge is 0.411 e. The molecule has 0 aliphatic rings. The van der Waals surface area contributed by atoms with E-state index in [1.165, 1.54) is 0 Å². The third-order valence-corrected chi connectivity index (χ3v) is 2.09. The number of carbonyl (C=O) groups is 2. The topological polar surface area (TPSA) is 87.7 Å². The molecule has 0 spiro atoms. The number of anilines is 2. The Bertz CT molecular complexity index is 431. The van der Waals surface area contributed by atoms with Crippen molar-refractivity contribution in [3.8, 4) is 0 Å². The zero-order valence-corrected chi connectivity index (χ0v) is 9.61. The van der Waals surface area contributed by atoms with Crippen LogP contribution in [0.2, 0.25) is 0 Å². The maximum atomic E-state index is 11.2. The third-order valence-electron chi connectivity index (χ3n) is 2.09. The first-order valence-corrected chi connectivity index (χ1v) is 5.08. The van der Waals surface area contributed by atoms with Crippen LogP contribution in [-0.4, -0.2) is 23.9 Å². The van der Waals surface area contributed by atoms with Gasteiger partial charge in [-0.2, -0.15) is 0 Å². The van der Waals surface area contributed by atoms with Gasteiger partial charge in [-0.1, -0.05) is 6.07 Å². The van der Waals surface area contributed by atoms with Crippen LogP contribution in [-0.2, 0) is 4.74 Å². The van der Waals surface area contributed by atoms with E-state index < -0.39 is 12.2 Å². The van der Waals surface area contributed by atoms with Gasteiger partial charge in [0.05, 0.1) is 6.61 Å². The van der Waals surface area contributed by atoms with Crippen LogP contribution in [0.4, 0.5) is 21.0 Å². The van der Waals surface area contributed by atoms with Gasteiger partial charge in [0.25, 0.3) is 0 Å². The predicted molar refractivity (Wildman–Crippen MR) is 63.5 cm³/mol. The number of carboxylic acid groups (broad SMARTS) is 1. The standard InChI is InChI=1S/C11H14N2O4/c1-3-17-11(16)13-9-6-4-5-8(7(9)2)12-10(14)15/h4-6,12H,3H2,1-2H3,(H,13,16)(H,14,15). The Morgan fingerprint density at radius 3 is 2.41 bits per heavy atom. The molecule has 0 aliphatic heterocycles. The fourth-order valence-electron chi connectivity index (χ4n) is 1.30. The first kappa shape index (κ1) is 12.8. The number of ether oxygens (including phenoxy) is 1. The van der Waals surface area contributed by atoms with Crippen LogP contribution < -0.4 is 10.6 Å². The van der Waals surface area contributed by atoms with Gasteiger partial charge in [0.2, 0.25) is 0 Å². The Labute approximate surface area is 98.6 Å². The molecular formula is C11H14N2O4. The molecule has 0 unspecified atom stereocenters. The molecule has 6 nitrogen and oxygen atoms in total. The average molecular weight is 238 g/mol. The maximum absolute atomic E-state index is 11.2. The van der Waals surface area contributed by atoms with Crippen LogP contribution >= 0.6 is 0 Å². The van der Waals surface area contributed by atoms with Crippen LogP contribution in [0.5, 0.6) is 0 Å². The fourth-order valence-corrected chi connectivity index (χ4v) is 1.30. The minimum absolute atomic E-state index is 0.276. The van der Waals surface area contributed by atoms with E-state index in [1.807, 2.05) is 0 Å². The summed E-state index contributed by atoms with van der Waals surface area (Å²) in [5.74, 6) is 0. The fraction of sp³-hybridized carbons (Fsp3) is 0.273. The number of hydrogen-bond donors (Lipinski definition) is 3. The van der Waals surface area contributed by atoms with Gasteiger partial charge in [0.1, 0.15) is 0 Å². The van der Waals surface area contributed by atoms with Gasteiger partial charge in [-0.15, -0.1) is 0 Å². The molecule has 0 atom stereocenters. The maximum Gasteiger partial charge on any atom is 0.411 e. The highest BCUT2D eigenvalue weighted by atomic mass is 16.5. The number of carbonyl (C=O) groups excluding carboxylic acids is 1. The summed E-state index contributed by atoms with van der Waals surface area (Å²) in [4.78, 5) is 21.8. The van der Waals surface area contributed by atoms with Gasteiger partial charge in [0.15, 0.2) is 0 Å². The first-order valence-electron chi connectivity index (χ1n) is 5.08. The van der Waals surface area contributed by atoms with Gasteiger partial charge in [0, 0.05) is 11.4 Å². The highest BCUT2D eigenvalue weighted by Crippen LogP contribution is 2.23. The molecule has 3 N–H and O–H groups in total. The van der Waals surface area contributed by atoms with Crippen molar-refractivity contribution in [3.05, 3.63) is 23.8 Å². The molecule has 1 aromatic rings. The largest absolute Gasteiger partial charge is 0.465 e. The van der Waals surface area contributed by atoms with Crippen molar-refractivity contribution in [1.82, 2.24) is 0 Å². The summed E-state index contributed by atoms with van der Waals surface area (Å²) in [5.41, 5.74) is 1.56. The van der Waals surface area contributed by atoms with E-state index >= 15 is 0 Å². The normalized spacial score (nSPS) is 9.53. The lowest BCUT2D eigenvalue weighted by molar-refractivity contribution is 0.168. The van der Waals surface area contributed by atoms with E-state index in [9.17, 15) is 9.59 Å². The number of amides is 2. The second-order valence-corrected chi connectivity index (χ2v) is 3.25. The second kappa shape index (κ2) is 5.74. The minimum Gasteiger partial charge on any atom is -0.465 e. The van der Waals surface area contributed by atoms with Crippen LogP contribution in [0.25, 0.3) is 0 Å². The lowest BCUT2D eigenvalue weighted by atomic mass is 10.1. The summed E-state index contributed by atoms with van der Waals surface area (Å²) in [6.07, 6.45) is -1.72. The summed E-state index contributed by atoms with van der Waals surface area (Å²) in [5, 5.41) is 13.4. The Morgan fingerprint density at radius 2 is 1.88 bits per heavy atom. The summed E-state index contributed by atoms with van der Waals surface area (Å²) in [6.45, 7) is 3.68. The summed E-state index contributed by atoms with van der Waals surface area (Å²) >= 11 is 0. The number of hydrogen-bond acceptors (Lipinski definition) is 3. The molecule has 0 aromatic heterocycles. The molecule has 0 aliphatic carbocycles. The summed E-state index contributed by atoms with van der Waals surface area (Å²) in [6, 6.07) is 4.92. The van der Waals surface area contributed by atoms with Crippen molar-refractivity contribution >= 4 is 23.6 Å². The van der Waals surface area contributed by atoms with E-state index in [-0.39, 0.29) is 6.61 Å². The molecule has 0 saturated heterocycles. The first-order chi connectivity index (χ1) is 8.04. The quantitative estimate of drug-likeness (QED) is 0.755. The lowest BCUT2D eigenvalue weighted by Gasteiger charge is -2.11. The van der Waals surface area contributed by atoms with Crippen LogP contribution in [0, 0.1) is 6.92 Å². The third kappa shape index (κ3) is 3.67. The van der Waals surface area contributed by atoms with Crippen molar-refractivity contribution in [2.75, 3.05) is 17.2 Å². The monoisotopic (exact) mass is 238 g/mol. The van der Waals surface area contributed by atoms with E-state index in [4.69, 9.17) is 9.84 Å². The Balaban J connectivity index is 2.86. The lowest BCUT2D eigenvalue weighted by Crippen LogP contribution is -2.15. The second-order valence-electron chi connectivity index (χ2n) is 3.25. The van der Waals surface area contributed by atoms with Gasteiger partial charge < -0.3 is 9.84 Å². The Morgan fingerprint density at radius 1 is 1.29 bits per heavy atom. The zero-order valence-electron chi connectivity index (χ0n) is 9.61. The van der Waals surface area contributed by atoms with Crippen molar-refractivity contribution in [1.29, 1.82) is 0 Å². The van der Waals surface area contributed by atoms with E-state index in [0.717, 1.165) is 0 Å². The molecule has 17 heavy (non-hydrogen) atoms. The van der Waals surface area contributed by atoms with Crippen LogP contribution in [0.15, 0.2) is 18.2 Å². The van der Waals surface area contributed by atoms with E-state index in [1.54, 1.807) is 32.0 Å². The minimum atomic E-state index is -1.15. The van der Waals surface area contributed by atoms with Crippen molar-refractivity contribution in [2.24, 2.45) is 0 Å². The highest BCUT2D eigenvalue weighted by Gasteiger charge is 2.09. The van der Waals surface area contributed by atoms with Gasteiger partial charge in [-0.25, -0.2) is 9.59 Å². The SMILES string of the molecule is CCOC(=O)Nc1cccc(NC(=O)O)c1C. The Kier molecular flexibility index (Phi) is 4.33. The summed E-state index contributed by atoms with van der Waals surface area (Å²) < 4.78 is 4.73. The molecule has 1 aromatic carbocycles. The van der Waals surface area contributed by atoms with Gasteiger partial charge in [-0.05, 0) is 31.5 Å². The Hall–Kier alpha value is -2.24. The molecule has 2 amide bonds. The van der Waals surface area contributed by atoms with Crippen LogP contribution in [0.1, 0.15) is 12.5 Å². The molecular weight excluding hydrogens is 224 g/mol. The molecule has 0 heterocycles. The highest BCUT2D eigenvalue weighted by molar-refractivity contribution is 5.90.